The third-order valence-corrected chi connectivity index (χ3v) is 5.15. The van der Waals surface area contributed by atoms with Crippen molar-refractivity contribution in [3.8, 4) is 0 Å². The predicted octanol–water partition coefficient (Wildman–Crippen LogP) is 4.02. The van der Waals surface area contributed by atoms with E-state index in [2.05, 4.69) is 30.6 Å². The van der Waals surface area contributed by atoms with Crippen molar-refractivity contribution < 1.29 is 9.90 Å². The lowest BCUT2D eigenvalue weighted by atomic mass is 10.1. The lowest BCUT2D eigenvalue weighted by molar-refractivity contribution is 0.0596. The summed E-state index contributed by atoms with van der Waals surface area (Å²) < 4.78 is 0. The van der Waals surface area contributed by atoms with Gasteiger partial charge in [0.2, 0.25) is 0 Å². The molecule has 1 unspecified atom stereocenters. The molecule has 0 aromatic heterocycles. The molecule has 1 aromatic rings. The molecule has 0 saturated carbocycles. The lowest BCUT2D eigenvalue weighted by Crippen LogP contribution is -2.54. The normalized spacial score (nSPS) is 19.3. The molecule has 6 heteroatoms. The second-order valence-electron chi connectivity index (χ2n) is 7.10. The van der Waals surface area contributed by atoms with E-state index >= 15 is 0 Å². The maximum Gasteiger partial charge on any atom is 0.411 e. The predicted molar refractivity (Wildman–Crippen MR) is 104 cm³/mol. The van der Waals surface area contributed by atoms with Gasteiger partial charge < -0.3 is 10.0 Å². The molecule has 1 fully saturated rings. The third-order valence-electron chi connectivity index (χ3n) is 4.90. The zero-order valence-corrected chi connectivity index (χ0v) is 16.2. The zero-order chi connectivity index (χ0) is 18.4. The van der Waals surface area contributed by atoms with Crippen molar-refractivity contribution in [3.05, 3.63) is 29.3 Å². The molecule has 1 heterocycles. The Labute approximate surface area is 156 Å². The number of nitrogens with zero attached hydrogens (tertiary/aromatic N) is 3. The van der Waals surface area contributed by atoms with Crippen molar-refractivity contribution in [2.24, 2.45) is 0 Å². The summed E-state index contributed by atoms with van der Waals surface area (Å²) in [6.07, 6.45) is 0.945. The van der Waals surface area contributed by atoms with Gasteiger partial charge in [-0.3, -0.25) is 9.80 Å². The van der Waals surface area contributed by atoms with E-state index in [9.17, 15) is 9.90 Å². The molecule has 1 atom stereocenters. The van der Waals surface area contributed by atoms with Gasteiger partial charge >= 0.3 is 6.09 Å². The van der Waals surface area contributed by atoms with Gasteiger partial charge in [0.25, 0.3) is 0 Å². The Kier molecular flexibility index (Phi) is 7.54. The summed E-state index contributed by atoms with van der Waals surface area (Å²) in [6, 6.07) is 8.14. The van der Waals surface area contributed by atoms with Crippen LogP contribution in [0.5, 0.6) is 0 Å². The van der Waals surface area contributed by atoms with Crippen molar-refractivity contribution in [3.63, 3.8) is 0 Å². The number of benzene rings is 1. The lowest BCUT2D eigenvalue weighted by Gasteiger charge is -2.42. The first-order valence-electron chi connectivity index (χ1n) is 9.12. The zero-order valence-electron chi connectivity index (χ0n) is 15.5. The average molecular weight is 368 g/mol. The smallest absolute Gasteiger partial charge is 0.411 e. The number of hydrogen-bond donors (Lipinski definition) is 1. The topological polar surface area (TPSA) is 47.0 Å². The van der Waals surface area contributed by atoms with E-state index in [1.54, 1.807) is 24.3 Å². The number of unbranched alkanes of at least 4 members (excludes halogenated alkanes) is 1. The number of hydrogen-bond acceptors (Lipinski definition) is 3. The Bertz CT molecular complexity index is 550. The first kappa shape index (κ1) is 20.0. The van der Waals surface area contributed by atoms with E-state index in [1.807, 2.05) is 0 Å². The Hall–Kier alpha value is -1.30. The van der Waals surface area contributed by atoms with Crippen molar-refractivity contribution >= 4 is 23.4 Å². The van der Waals surface area contributed by atoms with Gasteiger partial charge in [-0.1, -0.05) is 11.6 Å². The quantitative estimate of drug-likeness (QED) is 0.739. The van der Waals surface area contributed by atoms with Gasteiger partial charge in [-0.25, -0.2) is 4.79 Å². The van der Waals surface area contributed by atoms with Crippen LogP contribution >= 0.6 is 11.6 Å². The number of carboxylic acid groups (broad SMARTS) is 1. The Morgan fingerprint density at radius 1 is 1.28 bits per heavy atom. The van der Waals surface area contributed by atoms with Gasteiger partial charge in [0.1, 0.15) is 0 Å². The van der Waals surface area contributed by atoms with Gasteiger partial charge in [-0.2, -0.15) is 0 Å². The van der Waals surface area contributed by atoms with Crippen molar-refractivity contribution in [1.29, 1.82) is 0 Å². The summed E-state index contributed by atoms with van der Waals surface area (Å²) in [5.74, 6) is 0. The number of carbonyl (C=O) groups is 1. The minimum absolute atomic E-state index is 0.512. The first-order valence-corrected chi connectivity index (χ1v) is 9.50. The highest BCUT2D eigenvalue weighted by Gasteiger charge is 2.24. The fourth-order valence-corrected chi connectivity index (χ4v) is 3.70. The second kappa shape index (κ2) is 9.41. The first-order chi connectivity index (χ1) is 11.9. The van der Waals surface area contributed by atoms with Crippen molar-refractivity contribution in [2.75, 3.05) is 37.6 Å². The maximum absolute atomic E-state index is 11.5. The number of piperazine rings is 1. The Morgan fingerprint density at radius 2 is 1.96 bits per heavy atom. The molecule has 0 spiro atoms. The largest absolute Gasteiger partial charge is 0.465 e. The molecular formula is C19H30ClN3O2. The van der Waals surface area contributed by atoms with Crippen LogP contribution in [0.3, 0.4) is 0 Å². The Morgan fingerprint density at radius 3 is 2.52 bits per heavy atom. The van der Waals surface area contributed by atoms with E-state index < -0.39 is 6.09 Å². The van der Waals surface area contributed by atoms with Crippen LogP contribution in [0.1, 0.15) is 33.6 Å². The summed E-state index contributed by atoms with van der Waals surface area (Å²) in [5, 5.41) is 10.1. The van der Waals surface area contributed by atoms with Crippen LogP contribution in [0, 0.1) is 0 Å². The fraction of sp³-hybridized carbons (Fsp3) is 0.632. The van der Waals surface area contributed by atoms with E-state index in [4.69, 9.17) is 11.6 Å². The van der Waals surface area contributed by atoms with Crippen molar-refractivity contribution in [1.82, 2.24) is 9.80 Å². The standard InChI is InChI=1S/C19H30ClN3O2/c1-15(2)22-13-12-21(14-16(22)3)10-4-5-11-23(19(24)25)18-8-6-17(20)7-9-18/h6-9,15-16H,4-5,10-14H2,1-3H3,(H,24,25). The minimum Gasteiger partial charge on any atom is -0.465 e. The maximum atomic E-state index is 11.5. The molecule has 5 nitrogen and oxygen atoms in total. The molecule has 0 radical (unpaired) electrons. The van der Waals surface area contributed by atoms with Gasteiger partial charge in [0.15, 0.2) is 0 Å². The summed E-state index contributed by atoms with van der Waals surface area (Å²) in [5.41, 5.74) is 0.677. The fourth-order valence-electron chi connectivity index (χ4n) is 3.58. The van der Waals surface area contributed by atoms with Crippen LogP contribution < -0.4 is 4.90 Å². The molecule has 0 bridgehead atoms. The highest BCUT2D eigenvalue weighted by molar-refractivity contribution is 6.30. The second-order valence-corrected chi connectivity index (χ2v) is 7.54. The number of rotatable bonds is 7. The molecule has 140 valence electrons. The average Bonchev–Trinajstić information content (AvgIpc) is 2.55. The molecule has 25 heavy (non-hydrogen) atoms. The van der Waals surface area contributed by atoms with Gasteiger partial charge in [-0.05, 0) is 64.4 Å². The number of anilines is 1. The monoisotopic (exact) mass is 367 g/mol. The molecule has 1 N–H and O–H groups in total. The molecule has 1 aliphatic heterocycles. The van der Waals surface area contributed by atoms with Gasteiger partial charge in [0, 0.05) is 49.0 Å². The summed E-state index contributed by atoms with van der Waals surface area (Å²) >= 11 is 5.88. The molecule has 1 aromatic carbocycles. The number of halogens is 1. The van der Waals surface area contributed by atoms with Gasteiger partial charge in [0.05, 0.1) is 0 Å². The molecule has 2 rings (SSSR count). The van der Waals surface area contributed by atoms with Crippen molar-refractivity contribution in [2.45, 2.75) is 45.7 Å². The van der Waals surface area contributed by atoms with E-state index in [0.29, 0.717) is 29.3 Å². The van der Waals surface area contributed by atoms with E-state index in [0.717, 1.165) is 39.0 Å². The SMILES string of the molecule is CC(C)N1CCN(CCCCN(C(=O)O)c2ccc(Cl)cc2)CC1C. The third kappa shape index (κ3) is 5.87. The minimum atomic E-state index is -0.915. The van der Waals surface area contributed by atoms with Crippen LogP contribution in [0.2, 0.25) is 5.02 Å². The van der Waals surface area contributed by atoms with Crippen LogP contribution in [-0.4, -0.2) is 65.8 Å². The molecule has 1 amide bonds. The number of amides is 1. The van der Waals surface area contributed by atoms with Crippen LogP contribution in [0.15, 0.2) is 24.3 Å². The Balaban J connectivity index is 1.76. The summed E-state index contributed by atoms with van der Waals surface area (Å²) in [4.78, 5) is 17.9. The summed E-state index contributed by atoms with van der Waals surface area (Å²) in [7, 11) is 0. The molecule has 0 aliphatic carbocycles. The van der Waals surface area contributed by atoms with Gasteiger partial charge in [-0.15, -0.1) is 0 Å². The molecular weight excluding hydrogens is 338 g/mol. The van der Waals surface area contributed by atoms with Crippen LogP contribution in [0.4, 0.5) is 10.5 Å². The molecule has 1 aliphatic rings. The van der Waals surface area contributed by atoms with E-state index in [1.165, 1.54) is 4.90 Å². The highest BCUT2D eigenvalue weighted by Crippen LogP contribution is 2.19. The highest BCUT2D eigenvalue weighted by atomic mass is 35.5. The van der Waals surface area contributed by atoms with Crippen LogP contribution in [0.25, 0.3) is 0 Å². The molecule has 1 saturated heterocycles. The van der Waals surface area contributed by atoms with Crippen LogP contribution in [-0.2, 0) is 0 Å². The van der Waals surface area contributed by atoms with E-state index in [-0.39, 0.29) is 0 Å². The summed E-state index contributed by atoms with van der Waals surface area (Å²) in [6.45, 7) is 11.7.